The van der Waals surface area contributed by atoms with E-state index in [0.29, 0.717) is 24.7 Å². The van der Waals surface area contributed by atoms with E-state index in [-0.39, 0.29) is 11.3 Å². The minimum atomic E-state index is -0.950. The third-order valence-electron chi connectivity index (χ3n) is 5.48. The molecule has 0 bridgehead atoms. The molecule has 2 aliphatic heterocycles. The lowest BCUT2D eigenvalue weighted by Crippen LogP contribution is -2.55. The maximum absolute atomic E-state index is 12.1. The molecule has 2 aliphatic rings. The number of rotatable bonds is 4. The number of hydrogen-bond acceptors (Lipinski definition) is 6. The smallest absolute Gasteiger partial charge is 0.326 e. The summed E-state index contributed by atoms with van der Waals surface area (Å²) in [7, 11) is 1.58. The van der Waals surface area contributed by atoms with Gasteiger partial charge in [0.05, 0.1) is 19.5 Å². The predicted molar refractivity (Wildman–Crippen MR) is 90.5 cm³/mol. The number of carboxylic acids is 1. The van der Waals surface area contributed by atoms with Crippen molar-refractivity contribution in [1.29, 1.82) is 0 Å². The molecule has 25 heavy (non-hydrogen) atoms. The van der Waals surface area contributed by atoms with E-state index in [4.69, 9.17) is 4.74 Å². The Labute approximate surface area is 146 Å². The van der Waals surface area contributed by atoms with Gasteiger partial charge in [0, 0.05) is 26.1 Å². The van der Waals surface area contributed by atoms with Crippen LogP contribution >= 0.6 is 0 Å². The summed E-state index contributed by atoms with van der Waals surface area (Å²) in [6.45, 7) is 3.71. The Morgan fingerprint density at radius 2 is 1.92 bits per heavy atom. The largest absolute Gasteiger partial charge is 0.494 e. The number of piperidine rings is 2. The van der Waals surface area contributed by atoms with Crippen LogP contribution < -0.4 is 9.64 Å². The second kappa shape index (κ2) is 6.85. The lowest BCUT2D eigenvalue weighted by atomic mass is 9.72. The number of likely N-dealkylation sites (tertiary alicyclic amines) is 1. The molecule has 0 aliphatic carbocycles. The van der Waals surface area contributed by atoms with Crippen LogP contribution in [0.25, 0.3) is 0 Å². The van der Waals surface area contributed by atoms with Crippen molar-refractivity contribution in [2.24, 2.45) is 5.41 Å². The molecule has 3 rings (SSSR count). The molecule has 0 aromatic carbocycles. The highest BCUT2D eigenvalue weighted by Crippen LogP contribution is 2.41. The van der Waals surface area contributed by atoms with Gasteiger partial charge in [-0.25, -0.2) is 14.8 Å². The summed E-state index contributed by atoms with van der Waals surface area (Å²) in [5, 5.41) is 9.24. The number of nitrogens with zero attached hydrogens (tertiary/aromatic N) is 4. The number of carbonyl (C=O) groups excluding carboxylic acids is 1. The molecule has 1 amide bonds. The van der Waals surface area contributed by atoms with E-state index in [1.165, 1.54) is 4.90 Å². The monoisotopic (exact) mass is 348 g/mol. The van der Waals surface area contributed by atoms with E-state index < -0.39 is 12.0 Å². The average Bonchev–Trinajstić information content (AvgIpc) is 2.64. The quantitative estimate of drug-likeness (QED) is 0.872. The van der Waals surface area contributed by atoms with Crippen molar-refractivity contribution in [1.82, 2.24) is 14.9 Å². The maximum atomic E-state index is 12.1. The molecule has 8 heteroatoms. The first-order chi connectivity index (χ1) is 11.9. The first-order valence-corrected chi connectivity index (χ1v) is 8.57. The molecule has 0 radical (unpaired) electrons. The van der Waals surface area contributed by atoms with Gasteiger partial charge in [0.25, 0.3) is 0 Å². The van der Waals surface area contributed by atoms with Crippen LogP contribution in [0.2, 0.25) is 0 Å². The Morgan fingerprint density at radius 3 is 2.48 bits per heavy atom. The Hall–Kier alpha value is -2.38. The van der Waals surface area contributed by atoms with Crippen molar-refractivity contribution in [2.45, 2.75) is 38.6 Å². The average molecular weight is 348 g/mol. The summed E-state index contributed by atoms with van der Waals surface area (Å²) in [6.07, 6.45) is 6.37. The van der Waals surface area contributed by atoms with Crippen LogP contribution in [0, 0.1) is 5.41 Å². The van der Waals surface area contributed by atoms with Crippen molar-refractivity contribution in [3.63, 3.8) is 0 Å². The van der Waals surface area contributed by atoms with E-state index in [1.54, 1.807) is 26.4 Å². The third-order valence-corrected chi connectivity index (χ3v) is 5.48. The molecule has 0 unspecified atom stereocenters. The van der Waals surface area contributed by atoms with Gasteiger partial charge in [-0.1, -0.05) is 0 Å². The zero-order valence-electron chi connectivity index (χ0n) is 14.6. The number of anilines is 1. The number of aromatic nitrogens is 2. The first-order valence-electron chi connectivity index (χ1n) is 8.57. The fourth-order valence-electron chi connectivity index (χ4n) is 3.70. The van der Waals surface area contributed by atoms with Crippen molar-refractivity contribution in [3.8, 4) is 5.75 Å². The number of ether oxygens (including phenoxy) is 1. The van der Waals surface area contributed by atoms with E-state index in [0.717, 1.165) is 32.4 Å². The summed E-state index contributed by atoms with van der Waals surface area (Å²) in [6, 6.07) is -0.771. The van der Waals surface area contributed by atoms with Crippen LogP contribution in [0.3, 0.4) is 0 Å². The van der Waals surface area contributed by atoms with E-state index in [9.17, 15) is 14.7 Å². The molecule has 2 fully saturated rings. The fourth-order valence-corrected chi connectivity index (χ4v) is 3.70. The zero-order valence-corrected chi connectivity index (χ0v) is 14.6. The molecule has 1 atom stereocenters. The number of aliphatic carboxylic acids is 1. The Kier molecular flexibility index (Phi) is 4.78. The minimum Gasteiger partial charge on any atom is -0.494 e. The summed E-state index contributed by atoms with van der Waals surface area (Å²) in [5.41, 5.74) is 0.000586. The van der Waals surface area contributed by atoms with Gasteiger partial charge < -0.3 is 19.6 Å². The van der Waals surface area contributed by atoms with Gasteiger partial charge in [-0.15, -0.1) is 0 Å². The number of carbonyl (C=O) groups is 2. The highest BCUT2D eigenvalue weighted by molar-refractivity contribution is 5.84. The van der Waals surface area contributed by atoms with Crippen LogP contribution in [0.4, 0.5) is 5.95 Å². The van der Waals surface area contributed by atoms with Crippen molar-refractivity contribution >= 4 is 17.8 Å². The Morgan fingerprint density at radius 1 is 1.28 bits per heavy atom. The Balaban J connectivity index is 1.65. The molecule has 1 spiro atoms. The summed E-state index contributed by atoms with van der Waals surface area (Å²) < 4.78 is 5.08. The van der Waals surface area contributed by atoms with Gasteiger partial charge in [-0.05, 0) is 31.6 Å². The molecular weight excluding hydrogens is 324 g/mol. The summed E-state index contributed by atoms with van der Waals surface area (Å²) in [5.74, 6) is 0.301. The predicted octanol–water partition coefficient (Wildman–Crippen LogP) is 1.17. The van der Waals surface area contributed by atoms with Gasteiger partial charge in [-0.3, -0.25) is 4.79 Å². The fraction of sp³-hybridized carbons (Fsp3) is 0.647. The van der Waals surface area contributed by atoms with Gasteiger partial charge >= 0.3 is 5.97 Å². The second-order valence-corrected chi connectivity index (χ2v) is 6.95. The molecule has 1 N–H and O–H groups in total. The van der Waals surface area contributed by atoms with E-state index in [2.05, 4.69) is 14.9 Å². The summed E-state index contributed by atoms with van der Waals surface area (Å²) in [4.78, 5) is 35.7. The third kappa shape index (κ3) is 3.52. The van der Waals surface area contributed by atoms with Crippen LogP contribution in [0.5, 0.6) is 5.75 Å². The van der Waals surface area contributed by atoms with Crippen molar-refractivity contribution in [3.05, 3.63) is 12.4 Å². The SMILES string of the molecule is COc1cnc(N2CCC3(CCC(=O)N([C@@H](C)C(=O)O)C3)CC2)nc1. The molecular formula is C17H24N4O4. The zero-order chi connectivity index (χ0) is 18.0. The Bertz CT molecular complexity index is 641. The highest BCUT2D eigenvalue weighted by Gasteiger charge is 2.43. The van der Waals surface area contributed by atoms with Crippen LogP contribution in [0.1, 0.15) is 32.6 Å². The molecule has 136 valence electrons. The van der Waals surface area contributed by atoms with Gasteiger partial charge in [0.15, 0.2) is 5.75 Å². The second-order valence-electron chi connectivity index (χ2n) is 6.95. The topological polar surface area (TPSA) is 95.9 Å². The van der Waals surface area contributed by atoms with Crippen LogP contribution in [0.15, 0.2) is 12.4 Å². The number of carboxylic acid groups (broad SMARTS) is 1. The lowest BCUT2D eigenvalue weighted by Gasteiger charge is -2.48. The van der Waals surface area contributed by atoms with Gasteiger partial charge in [0.1, 0.15) is 6.04 Å². The van der Waals surface area contributed by atoms with E-state index in [1.807, 2.05) is 0 Å². The van der Waals surface area contributed by atoms with Gasteiger partial charge in [0.2, 0.25) is 11.9 Å². The number of hydrogen-bond donors (Lipinski definition) is 1. The van der Waals surface area contributed by atoms with Gasteiger partial charge in [-0.2, -0.15) is 0 Å². The standard InChI is InChI=1S/C17H24N4O4/c1-12(15(23)24)21-11-17(4-3-14(21)22)5-7-20(8-6-17)16-18-9-13(25-2)10-19-16/h9-10,12H,3-8,11H2,1-2H3,(H,23,24)/t12-/m0/s1. The molecule has 3 heterocycles. The van der Waals surface area contributed by atoms with E-state index >= 15 is 0 Å². The first kappa shape index (κ1) is 17.4. The summed E-state index contributed by atoms with van der Waals surface area (Å²) >= 11 is 0. The lowest BCUT2D eigenvalue weighted by molar-refractivity contribution is -0.154. The van der Waals surface area contributed by atoms with Crippen molar-refractivity contribution < 1.29 is 19.4 Å². The van der Waals surface area contributed by atoms with Crippen LogP contribution in [-0.2, 0) is 9.59 Å². The molecule has 2 saturated heterocycles. The minimum absolute atomic E-state index is 0.000586. The molecule has 0 saturated carbocycles. The number of methoxy groups -OCH3 is 1. The number of amides is 1. The molecule has 1 aromatic rings. The maximum Gasteiger partial charge on any atom is 0.326 e. The molecule has 1 aromatic heterocycles. The normalized spacial score (nSPS) is 21.3. The highest BCUT2D eigenvalue weighted by atomic mass is 16.5. The van der Waals surface area contributed by atoms with Crippen LogP contribution in [-0.4, -0.2) is 64.6 Å². The van der Waals surface area contributed by atoms with Crippen molar-refractivity contribution in [2.75, 3.05) is 31.6 Å². The molecule has 8 nitrogen and oxygen atoms in total.